The van der Waals surface area contributed by atoms with Gasteiger partial charge in [0, 0.05) is 51.7 Å². The van der Waals surface area contributed by atoms with Gasteiger partial charge in [-0.15, -0.1) is 0 Å². The minimum Gasteiger partial charge on any atom is -0.395 e. The lowest BCUT2D eigenvalue weighted by Crippen LogP contribution is -2.47. The van der Waals surface area contributed by atoms with Crippen LogP contribution in [0.2, 0.25) is 0 Å². The van der Waals surface area contributed by atoms with Gasteiger partial charge in [0.15, 0.2) is 0 Å². The van der Waals surface area contributed by atoms with Crippen molar-refractivity contribution in [1.82, 2.24) is 14.7 Å². The molecule has 1 N–H and O–H groups in total. The Hall–Kier alpha value is -2.96. The van der Waals surface area contributed by atoms with Gasteiger partial charge in [-0.3, -0.25) is 9.89 Å². The summed E-state index contributed by atoms with van der Waals surface area (Å²) < 4.78 is 0. The fourth-order valence-corrected chi connectivity index (χ4v) is 4.61. The highest BCUT2D eigenvalue weighted by Gasteiger charge is 2.24. The number of hydrogen-bond donors (Lipinski definition) is 1. The Labute approximate surface area is 244 Å². The van der Waals surface area contributed by atoms with Gasteiger partial charge >= 0.3 is 0 Å². The Bertz CT molecular complexity index is 1090. The van der Waals surface area contributed by atoms with E-state index in [2.05, 4.69) is 87.8 Å². The molecular formula is C34H53N5O. The number of hydrogen-bond acceptors (Lipinski definition) is 6. The van der Waals surface area contributed by atoms with E-state index in [1.807, 2.05) is 23.1 Å². The maximum atomic E-state index is 9.13. The molecule has 1 atom stereocenters. The Morgan fingerprint density at radius 3 is 2.42 bits per heavy atom. The molecule has 0 spiro atoms. The number of unbranched alkanes of at least 4 members (excludes halogenated alkanes) is 1. The number of β-amino-alcohol motifs (C(OH)–C–C–N with tert-alkyl or cyclic N) is 1. The first-order valence-corrected chi connectivity index (χ1v) is 15.0. The van der Waals surface area contributed by atoms with Crippen LogP contribution in [-0.4, -0.2) is 77.7 Å². The van der Waals surface area contributed by atoms with E-state index in [9.17, 15) is 0 Å². The van der Waals surface area contributed by atoms with E-state index in [1.165, 1.54) is 19.3 Å². The molecular weight excluding hydrogens is 494 g/mol. The van der Waals surface area contributed by atoms with Crippen molar-refractivity contribution < 1.29 is 5.11 Å². The number of fused-ring (bicyclic) bond motifs is 1. The van der Waals surface area contributed by atoms with Crippen molar-refractivity contribution in [3.63, 3.8) is 0 Å². The third kappa shape index (κ3) is 9.60. The van der Waals surface area contributed by atoms with Crippen molar-refractivity contribution >= 4 is 11.5 Å². The second-order valence-corrected chi connectivity index (χ2v) is 10.7. The van der Waals surface area contributed by atoms with E-state index in [4.69, 9.17) is 10.1 Å². The number of amidine groups is 1. The molecule has 0 saturated carbocycles. The summed E-state index contributed by atoms with van der Waals surface area (Å²) in [6, 6.07) is 0. The van der Waals surface area contributed by atoms with Crippen LogP contribution < -0.4 is 0 Å². The lowest BCUT2D eigenvalue weighted by Gasteiger charge is -2.38. The molecule has 0 aromatic heterocycles. The maximum Gasteiger partial charge on any atom is 0.137 e. The van der Waals surface area contributed by atoms with Crippen molar-refractivity contribution in [2.45, 2.75) is 67.2 Å². The fraction of sp³-hybridized carbons (Fsp3) is 0.529. The number of aliphatic imine (C=N–C) groups is 2. The van der Waals surface area contributed by atoms with Gasteiger partial charge < -0.3 is 14.9 Å². The van der Waals surface area contributed by atoms with E-state index >= 15 is 0 Å². The van der Waals surface area contributed by atoms with E-state index < -0.39 is 0 Å². The molecule has 6 nitrogen and oxygen atoms in total. The minimum absolute atomic E-state index is 0.217. The lowest BCUT2D eigenvalue weighted by molar-refractivity contribution is 0.133. The molecule has 1 unspecified atom stereocenters. The standard InChI is InChI=1S/C24H33N5O.C10H20/c1-6-18(2)19(3)15-22(25-5)23-16-20(4)29-17-21(7-8-24(29)26-23)28-11-9-27(10-12-28)13-14-30;1-5-7-8-10(4)9(3)6-2/h7-8,15-17,30H,2,4,6,9-14H2,1,3,5H3;8-9H,5-7H2,1-4H3/b19-15+,25-22?;10-8-. The third-order valence-electron chi connectivity index (χ3n) is 7.90. The van der Waals surface area contributed by atoms with E-state index in [1.54, 1.807) is 12.6 Å². The summed E-state index contributed by atoms with van der Waals surface area (Å²) >= 11 is 0. The molecule has 1 fully saturated rings. The molecule has 3 aliphatic rings. The van der Waals surface area contributed by atoms with Gasteiger partial charge in [-0.05, 0) is 68.9 Å². The normalized spacial score (nSPS) is 19.4. The predicted molar refractivity (Wildman–Crippen MR) is 173 cm³/mol. The molecule has 3 aliphatic heterocycles. The zero-order valence-corrected chi connectivity index (χ0v) is 26.2. The quantitative estimate of drug-likeness (QED) is 0.174. The maximum absolute atomic E-state index is 9.13. The van der Waals surface area contributed by atoms with E-state index in [0.717, 1.165) is 84.8 Å². The zero-order valence-electron chi connectivity index (χ0n) is 26.2. The van der Waals surface area contributed by atoms with Crippen LogP contribution in [-0.2, 0) is 0 Å². The van der Waals surface area contributed by atoms with E-state index in [0.29, 0.717) is 0 Å². The molecule has 0 aromatic carbocycles. The van der Waals surface area contributed by atoms with Crippen LogP contribution in [0.1, 0.15) is 67.2 Å². The van der Waals surface area contributed by atoms with Crippen molar-refractivity contribution in [3.8, 4) is 0 Å². The van der Waals surface area contributed by atoms with Crippen molar-refractivity contribution in [2.24, 2.45) is 15.9 Å². The highest BCUT2D eigenvalue weighted by Crippen LogP contribution is 2.26. The summed E-state index contributed by atoms with van der Waals surface area (Å²) in [5.41, 5.74) is 7.46. The monoisotopic (exact) mass is 547 g/mol. The van der Waals surface area contributed by atoms with Gasteiger partial charge in [-0.2, -0.15) is 0 Å². The molecule has 0 aromatic rings. The smallest absolute Gasteiger partial charge is 0.137 e. The van der Waals surface area contributed by atoms with Gasteiger partial charge in [-0.25, -0.2) is 4.99 Å². The molecule has 3 heterocycles. The van der Waals surface area contributed by atoms with E-state index in [-0.39, 0.29) is 6.61 Å². The molecule has 0 aliphatic carbocycles. The molecule has 0 radical (unpaired) electrons. The van der Waals surface area contributed by atoms with Crippen LogP contribution >= 0.6 is 0 Å². The summed E-state index contributed by atoms with van der Waals surface area (Å²) in [6.45, 7) is 26.3. The van der Waals surface area contributed by atoms with Crippen molar-refractivity contribution in [3.05, 3.63) is 83.5 Å². The van der Waals surface area contributed by atoms with Gasteiger partial charge in [0.1, 0.15) is 5.84 Å². The molecule has 220 valence electrons. The van der Waals surface area contributed by atoms with Crippen LogP contribution in [0.25, 0.3) is 0 Å². The number of piperazine rings is 1. The number of aliphatic hydroxyl groups is 1. The Morgan fingerprint density at radius 1 is 1.15 bits per heavy atom. The van der Waals surface area contributed by atoms with Crippen molar-refractivity contribution in [2.75, 3.05) is 46.4 Å². The van der Waals surface area contributed by atoms with Crippen LogP contribution in [0, 0.1) is 5.92 Å². The van der Waals surface area contributed by atoms with Crippen molar-refractivity contribution in [1.29, 1.82) is 0 Å². The predicted octanol–water partition coefficient (Wildman–Crippen LogP) is 6.88. The first kappa shape index (κ1) is 33.2. The molecule has 6 heteroatoms. The molecule has 0 bridgehead atoms. The van der Waals surface area contributed by atoms with Crippen LogP contribution in [0.3, 0.4) is 0 Å². The average molecular weight is 548 g/mol. The SMILES string of the molecule is C=C(CC)/C(C)=C/C(=NC)C1=CC(=C)N2C=C(N3CCN(CCO)CC3)C=CC2=N1.CCC/C=C(/C)C(C)CC. The van der Waals surface area contributed by atoms with Gasteiger partial charge in [0.05, 0.1) is 23.7 Å². The van der Waals surface area contributed by atoms with Crippen LogP contribution in [0.4, 0.5) is 0 Å². The second-order valence-electron chi connectivity index (χ2n) is 10.7. The molecule has 40 heavy (non-hydrogen) atoms. The minimum atomic E-state index is 0.217. The third-order valence-corrected chi connectivity index (χ3v) is 7.90. The molecule has 3 rings (SSSR count). The summed E-state index contributed by atoms with van der Waals surface area (Å²) in [4.78, 5) is 16.0. The largest absolute Gasteiger partial charge is 0.395 e. The van der Waals surface area contributed by atoms with Crippen LogP contribution in [0.5, 0.6) is 0 Å². The summed E-state index contributed by atoms with van der Waals surface area (Å²) in [6.07, 6.45) is 17.4. The summed E-state index contributed by atoms with van der Waals surface area (Å²) in [7, 11) is 1.79. The highest BCUT2D eigenvalue weighted by molar-refractivity contribution is 6.12. The number of rotatable bonds is 11. The van der Waals surface area contributed by atoms with Gasteiger partial charge in [-0.1, -0.05) is 64.5 Å². The number of nitrogens with zero attached hydrogens (tertiary/aromatic N) is 5. The van der Waals surface area contributed by atoms with Gasteiger partial charge in [0.2, 0.25) is 0 Å². The van der Waals surface area contributed by atoms with Gasteiger partial charge in [0.25, 0.3) is 0 Å². The number of aliphatic hydroxyl groups excluding tert-OH is 1. The second kappa shape index (κ2) is 17.0. The molecule has 0 amide bonds. The topological polar surface area (TPSA) is 54.7 Å². The zero-order chi connectivity index (χ0) is 29.7. The highest BCUT2D eigenvalue weighted by atomic mass is 16.3. The summed E-state index contributed by atoms with van der Waals surface area (Å²) in [5, 5.41) is 9.13. The Morgan fingerprint density at radius 2 is 1.85 bits per heavy atom. The van der Waals surface area contributed by atoms with Crippen LogP contribution in [0.15, 0.2) is 93.5 Å². The molecule has 1 saturated heterocycles. The fourth-order valence-electron chi connectivity index (χ4n) is 4.61. The number of allylic oxidation sites excluding steroid dienone is 7. The Balaban J connectivity index is 0.000000478. The first-order valence-electron chi connectivity index (χ1n) is 15.0. The average Bonchev–Trinajstić information content (AvgIpc) is 2.98. The Kier molecular flexibility index (Phi) is 14.1. The first-order chi connectivity index (χ1) is 19.2. The summed E-state index contributed by atoms with van der Waals surface area (Å²) in [5.74, 6) is 1.63. The lowest BCUT2D eigenvalue weighted by atomic mass is 9.99.